The summed E-state index contributed by atoms with van der Waals surface area (Å²) in [5.41, 5.74) is 0.716. The van der Waals surface area contributed by atoms with Gasteiger partial charge in [-0.1, -0.05) is 69.6 Å². The summed E-state index contributed by atoms with van der Waals surface area (Å²) < 4.78 is 5.31. The number of hydrogen-bond acceptors (Lipinski definition) is 7. The number of halogens is 1. The molecule has 3 atom stereocenters. The van der Waals surface area contributed by atoms with Crippen molar-refractivity contribution in [2.75, 3.05) is 31.6 Å². The summed E-state index contributed by atoms with van der Waals surface area (Å²) in [7, 11) is 0. The van der Waals surface area contributed by atoms with Gasteiger partial charge in [0.2, 0.25) is 11.8 Å². The molecule has 0 aromatic heterocycles. The minimum absolute atomic E-state index is 0.0236. The summed E-state index contributed by atoms with van der Waals surface area (Å²) >= 11 is 6.21. The number of ether oxygens (including phenoxy) is 1. The fourth-order valence-electron chi connectivity index (χ4n) is 5.12. The maximum Gasteiger partial charge on any atom is 0.318 e. The Labute approximate surface area is 268 Å². The molecule has 4 amide bonds. The number of carbonyl (C=O) groups excluding carboxylic acids is 4. The van der Waals surface area contributed by atoms with Crippen molar-refractivity contribution in [3.63, 3.8) is 0 Å². The van der Waals surface area contributed by atoms with Crippen molar-refractivity contribution >= 4 is 46.6 Å². The Bertz CT molecular complexity index is 1350. The maximum absolute atomic E-state index is 13.8. The van der Waals surface area contributed by atoms with Gasteiger partial charge in [0.15, 0.2) is 5.78 Å². The summed E-state index contributed by atoms with van der Waals surface area (Å²) in [6, 6.07) is 10.6. The number of urea groups is 1. The molecule has 1 fully saturated rings. The van der Waals surface area contributed by atoms with Crippen molar-refractivity contribution in [2.45, 2.75) is 59.0 Å². The van der Waals surface area contributed by atoms with Crippen molar-refractivity contribution in [2.24, 2.45) is 17.8 Å². The predicted molar refractivity (Wildman–Crippen MR) is 171 cm³/mol. The molecule has 244 valence electrons. The maximum atomic E-state index is 13.8. The Morgan fingerprint density at radius 2 is 1.64 bits per heavy atom. The van der Waals surface area contributed by atoms with E-state index in [4.69, 9.17) is 16.3 Å². The Morgan fingerprint density at radius 3 is 2.22 bits per heavy atom. The van der Waals surface area contributed by atoms with Crippen LogP contribution in [0, 0.1) is 27.9 Å². The third kappa shape index (κ3) is 10.8. The standard InChI is InChI=1S/C32H42ClN5O7/c1-20(2)16-23(18-28(39)29(21(3)4)36-32(42)37-12-14-45-15-13-37)30(40)35-27(17-22-8-6-5-7-9-22)31(41)34-26-11-10-24(38(43)44)19-25(26)33/h5-11,19-21,23,27,29H,12-18H2,1-4H3,(H,34,41)(H,35,40)(H,36,42)/t23-,27+,29+/m1/s1. The number of nitrogens with one attached hydrogen (secondary N) is 3. The van der Waals surface area contributed by atoms with Crippen LogP contribution in [0.3, 0.4) is 0 Å². The molecule has 0 spiro atoms. The number of hydrogen-bond donors (Lipinski definition) is 3. The molecule has 3 rings (SSSR count). The van der Waals surface area contributed by atoms with E-state index in [1.165, 1.54) is 12.1 Å². The second kappa shape index (κ2) is 16.9. The van der Waals surface area contributed by atoms with Gasteiger partial charge in [0.05, 0.1) is 34.9 Å². The molecule has 12 nitrogen and oxygen atoms in total. The smallest absolute Gasteiger partial charge is 0.318 e. The number of Topliss-reactive ketones (excluding diaryl/α,β-unsaturated/α-hetero) is 1. The molecule has 0 radical (unpaired) electrons. The van der Waals surface area contributed by atoms with Gasteiger partial charge < -0.3 is 25.6 Å². The van der Waals surface area contributed by atoms with Crippen LogP contribution in [-0.2, 0) is 25.5 Å². The third-order valence-corrected chi connectivity index (χ3v) is 7.81. The number of anilines is 1. The Balaban J connectivity index is 1.79. The lowest BCUT2D eigenvalue weighted by atomic mass is 9.87. The number of benzene rings is 2. The SMILES string of the molecule is CC(C)C[C@H](CC(=O)[C@@H](NC(=O)N1CCOCC1)C(C)C)C(=O)N[C@@H](Cc1ccccc1)C(=O)Nc1ccc([N+](=O)[O-])cc1Cl. The first-order valence-electron chi connectivity index (χ1n) is 15.1. The second-order valence-electron chi connectivity index (χ2n) is 11.9. The van der Waals surface area contributed by atoms with Gasteiger partial charge in [0.1, 0.15) is 6.04 Å². The van der Waals surface area contributed by atoms with E-state index in [2.05, 4.69) is 16.0 Å². The molecule has 0 aliphatic carbocycles. The van der Waals surface area contributed by atoms with Crippen molar-refractivity contribution in [1.82, 2.24) is 15.5 Å². The number of nitro benzene ring substituents is 1. The van der Waals surface area contributed by atoms with Crippen molar-refractivity contribution in [1.29, 1.82) is 0 Å². The zero-order valence-electron chi connectivity index (χ0n) is 26.1. The lowest BCUT2D eigenvalue weighted by Crippen LogP contribution is -2.53. The molecule has 2 aromatic rings. The monoisotopic (exact) mass is 643 g/mol. The lowest BCUT2D eigenvalue weighted by molar-refractivity contribution is -0.384. The number of nitro groups is 1. The van der Waals surface area contributed by atoms with Gasteiger partial charge in [-0.15, -0.1) is 0 Å². The van der Waals surface area contributed by atoms with Crippen LogP contribution in [0.25, 0.3) is 0 Å². The molecular weight excluding hydrogens is 602 g/mol. The van der Waals surface area contributed by atoms with Crippen molar-refractivity contribution in [3.05, 3.63) is 69.2 Å². The van der Waals surface area contributed by atoms with Crippen LogP contribution in [0.1, 0.15) is 46.1 Å². The van der Waals surface area contributed by atoms with Crippen LogP contribution in [0.5, 0.6) is 0 Å². The van der Waals surface area contributed by atoms with Crippen LogP contribution >= 0.6 is 11.6 Å². The quantitative estimate of drug-likeness (QED) is 0.200. The Kier molecular flexibility index (Phi) is 13.3. The highest BCUT2D eigenvalue weighted by atomic mass is 35.5. The number of ketones is 1. The fraction of sp³-hybridized carbons (Fsp3) is 0.500. The van der Waals surface area contributed by atoms with Gasteiger partial charge in [-0.05, 0) is 29.9 Å². The molecule has 1 heterocycles. The molecular formula is C32H42ClN5O7. The zero-order chi connectivity index (χ0) is 33.1. The summed E-state index contributed by atoms with van der Waals surface area (Å²) in [6.45, 7) is 9.27. The molecule has 13 heteroatoms. The van der Waals surface area contributed by atoms with Gasteiger partial charge in [-0.2, -0.15) is 0 Å². The first-order valence-corrected chi connectivity index (χ1v) is 15.5. The Morgan fingerprint density at radius 1 is 0.978 bits per heavy atom. The van der Waals surface area contributed by atoms with Gasteiger partial charge >= 0.3 is 6.03 Å². The minimum Gasteiger partial charge on any atom is -0.378 e. The normalized spacial score (nSPS) is 15.2. The molecule has 0 bridgehead atoms. The summed E-state index contributed by atoms with van der Waals surface area (Å²) in [5, 5.41) is 19.4. The van der Waals surface area contributed by atoms with Gasteiger partial charge in [-0.3, -0.25) is 24.5 Å². The largest absolute Gasteiger partial charge is 0.378 e. The van der Waals surface area contributed by atoms with E-state index < -0.39 is 34.7 Å². The molecule has 45 heavy (non-hydrogen) atoms. The number of non-ortho nitro benzene ring substituents is 1. The second-order valence-corrected chi connectivity index (χ2v) is 12.3. The molecule has 0 unspecified atom stereocenters. The van der Waals surface area contributed by atoms with E-state index in [1.807, 2.05) is 58.0 Å². The van der Waals surface area contributed by atoms with E-state index in [1.54, 1.807) is 4.90 Å². The number of amides is 4. The van der Waals surface area contributed by atoms with E-state index in [0.717, 1.165) is 11.6 Å². The average Bonchev–Trinajstić information content (AvgIpc) is 3.00. The Hall–Kier alpha value is -4.03. The summed E-state index contributed by atoms with van der Waals surface area (Å²) in [5.74, 6) is -2.22. The van der Waals surface area contributed by atoms with E-state index in [0.29, 0.717) is 32.7 Å². The average molecular weight is 644 g/mol. The number of morpholine rings is 1. The summed E-state index contributed by atoms with van der Waals surface area (Å²) in [4.78, 5) is 65.9. The van der Waals surface area contributed by atoms with E-state index in [9.17, 15) is 29.3 Å². The van der Waals surface area contributed by atoms with Crippen LogP contribution in [0.4, 0.5) is 16.2 Å². The lowest BCUT2D eigenvalue weighted by Gasteiger charge is -2.31. The van der Waals surface area contributed by atoms with Crippen molar-refractivity contribution < 1.29 is 28.8 Å². The number of carbonyl (C=O) groups is 4. The highest BCUT2D eigenvalue weighted by molar-refractivity contribution is 6.34. The topological polar surface area (TPSA) is 160 Å². The molecule has 3 N–H and O–H groups in total. The molecule has 1 aliphatic rings. The van der Waals surface area contributed by atoms with E-state index in [-0.39, 0.29) is 52.9 Å². The molecule has 1 saturated heterocycles. The number of nitrogens with zero attached hydrogens (tertiary/aromatic N) is 2. The summed E-state index contributed by atoms with van der Waals surface area (Å²) in [6.07, 6.45) is 0.410. The zero-order valence-corrected chi connectivity index (χ0v) is 26.8. The first kappa shape index (κ1) is 35.4. The van der Waals surface area contributed by atoms with E-state index >= 15 is 0 Å². The van der Waals surface area contributed by atoms with Crippen LogP contribution in [0.15, 0.2) is 48.5 Å². The first-order chi connectivity index (χ1) is 21.3. The fourth-order valence-corrected chi connectivity index (χ4v) is 5.34. The number of rotatable bonds is 14. The third-order valence-electron chi connectivity index (χ3n) is 7.50. The molecule has 0 saturated carbocycles. The van der Waals surface area contributed by atoms with Gasteiger partial charge in [0.25, 0.3) is 5.69 Å². The van der Waals surface area contributed by atoms with Gasteiger partial charge in [-0.25, -0.2) is 4.79 Å². The predicted octanol–water partition coefficient (Wildman–Crippen LogP) is 4.60. The highest BCUT2D eigenvalue weighted by Gasteiger charge is 2.33. The van der Waals surface area contributed by atoms with Crippen molar-refractivity contribution in [3.8, 4) is 0 Å². The molecule has 1 aliphatic heterocycles. The highest BCUT2D eigenvalue weighted by Crippen LogP contribution is 2.27. The van der Waals surface area contributed by atoms with Gasteiger partial charge in [0, 0.05) is 44.0 Å². The molecule has 2 aromatic carbocycles. The van der Waals surface area contributed by atoms with Crippen LogP contribution < -0.4 is 16.0 Å². The minimum atomic E-state index is -1.04. The van der Waals surface area contributed by atoms with Crippen LogP contribution in [-0.4, -0.2) is 71.8 Å². The van der Waals surface area contributed by atoms with Crippen LogP contribution in [0.2, 0.25) is 5.02 Å².